The molecular weight excluding hydrogens is 1060 g/mol. The van der Waals surface area contributed by atoms with Gasteiger partial charge in [0.05, 0.1) is 22.3 Å². The van der Waals surface area contributed by atoms with Gasteiger partial charge in [0.25, 0.3) is 0 Å². The van der Waals surface area contributed by atoms with Crippen molar-refractivity contribution in [1.82, 2.24) is 0 Å². The molecule has 84 heavy (non-hydrogen) atoms. The average Bonchev–Trinajstić information content (AvgIpc) is 3.65. The second-order valence-electron chi connectivity index (χ2n) is 19.7. The normalized spacial score (nSPS) is 10.5. The van der Waals surface area contributed by atoms with Crippen LogP contribution in [0.5, 0.6) is 46.0 Å². The van der Waals surface area contributed by atoms with Crippen LogP contribution in [-0.4, -0.2) is 44.3 Å². The largest absolute Gasteiger partial charge is 0.504 e. The van der Waals surface area contributed by atoms with Crippen LogP contribution in [0.3, 0.4) is 0 Å². The molecule has 0 amide bonds. The van der Waals surface area contributed by atoms with Crippen LogP contribution in [0.25, 0.3) is 43.1 Å². The second kappa shape index (κ2) is 26.4. The summed E-state index contributed by atoms with van der Waals surface area (Å²) in [6.07, 6.45) is 0. The molecule has 0 radical (unpaired) electrons. The van der Waals surface area contributed by atoms with Gasteiger partial charge in [0.1, 0.15) is 0 Å². The highest BCUT2D eigenvalue weighted by Gasteiger charge is 2.20. The van der Waals surface area contributed by atoms with E-state index in [4.69, 9.17) is 39.4 Å². The van der Waals surface area contributed by atoms with Crippen molar-refractivity contribution < 1.29 is 58.6 Å². The minimum atomic E-state index is -0.512. The molecule has 0 unspecified atom stereocenters. The van der Waals surface area contributed by atoms with E-state index < -0.39 is 23.9 Å². The molecule has 0 bridgehead atoms. The van der Waals surface area contributed by atoms with E-state index in [1.807, 2.05) is 149 Å². The van der Waals surface area contributed by atoms with Crippen LogP contribution in [0.1, 0.15) is 63.7 Å². The molecule has 0 fully saturated rings. The van der Waals surface area contributed by atoms with Crippen LogP contribution < -0.4 is 18.9 Å². The van der Waals surface area contributed by atoms with E-state index in [-0.39, 0.29) is 46.0 Å². The van der Waals surface area contributed by atoms with Gasteiger partial charge in [-0.3, -0.25) is 0 Å². The SMILES string of the molecule is Cc1cccc(C(=O)Oc2cc3ccccc3cc2OC(=O)c2cccc(C)c2)c1.Cc1cccc(C(=O)Oc2cc3ccccc3cc2OC(=O)c2cccc(C)c2)c1.Oc1cc2ccccc2cc1O.Oc1cc2ccccc2cc1O. The van der Waals surface area contributed by atoms with Crippen LogP contribution in [0.2, 0.25) is 0 Å². The summed E-state index contributed by atoms with van der Waals surface area (Å²) in [5.41, 5.74) is 5.53. The molecule has 4 N–H and O–H groups in total. The van der Waals surface area contributed by atoms with Gasteiger partial charge < -0.3 is 39.4 Å². The summed E-state index contributed by atoms with van der Waals surface area (Å²) in [4.78, 5) is 50.8. The Morgan fingerprint density at radius 1 is 0.238 bits per heavy atom. The van der Waals surface area contributed by atoms with Crippen LogP contribution in [-0.2, 0) is 0 Å². The third kappa shape index (κ3) is 14.8. The fourth-order valence-corrected chi connectivity index (χ4v) is 8.87. The van der Waals surface area contributed by atoms with Crippen molar-refractivity contribution in [2.45, 2.75) is 27.7 Å². The smallest absolute Gasteiger partial charge is 0.343 e. The number of carbonyl (C=O) groups excluding carboxylic acids is 4. The lowest BCUT2D eigenvalue weighted by atomic mass is 10.1. The molecule has 12 aromatic carbocycles. The van der Waals surface area contributed by atoms with Crippen LogP contribution >= 0.6 is 0 Å². The maximum absolute atomic E-state index is 12.7. The van der Waals surface area contributed by atoms with E-state index in [1.165, 1.54) is 0 Å². The Morgan fingerprint density at radius 2 is 0.417 bits per heavy atom. The average molecular weight is 1110 g/mol. The molecule has 0 saturated carbocycles. The van der Waals surface area contributed by atoms with Gasteiger partial charge in [0.2, 0.25) is 0 Å². The third-order valence-electron chi connectivity index (χ3n) is 13.1. The molecule has 0 aliphatic carbocycles. The fraction of sp³-hybridized carbons (Fsp3) is 0.0556. The molecule has 0 heterocycles. The maximum Gasteiger partial charge on any atom is 0.343 e. The monoisotopic (exact) mass is 1110 g/mol. The van der Waals surface area contributed by atoms with Gasteiger partial charge in [0, 0.05) is 0 Å². The predicted octanol–water partition coefficient (Wildman–Crippen LogP) is 16.3. The third-order valence-corrected chi connectivity index (χ3v) is 13.1. The van der Waals surface area contributed by atoms with E-state index in [0.29, 0.717) is 22.3 Å². The number of aryl methyl sites for hydroxylation is 4. The molecule has 0 aliphatic rings. The number of ether oxygens (including phenoxy) is 4. The summed E-state index contributed by atoms with van der Waals surface area (Å²) in [5, 5.41) is 43.9. The van der Waals surface area contributed by atoms with Gasteiger partial charge >= 0.3 is 23.9 Å². The first-order chi connectivity index (χ1) is 40.5. The topological polar surface area (TPSA) is 186 Å². The van der Waals surface area contributed by atoms with Gasteiger partial charge in [-0.05, 0) is 168 Å². The zero-order valence-corrected chi connectivity index (χ0v) is 46.1. The molecule has 416 valence electrons. The number of benzene rings is 12. The summed E-state index contributed by atoms with van der Waals surface area (Å²) in [5.74, 6) is -1.57. The molecule has 12 heteroatoms. The maximum atomic E-state index is 12.7. The molecule has 0 saturated heterocycles. The van der Waals surface area contributed by atoms with Crippen molar-refractivity contribution in [2.24, 2.45) is 0 Å². The number of hydrogen-bond donors (Lipinski definition) is 4. The van der Waals surface area contributed by atoms with Crippen LogP contribution in [0, 0.1) is 27.7 Å². The number of aromatic hydroxyl groups is 4. The van der Waals surface area contributed by atoms with E-state index in [2.05, 4.69) is 0 Å². The lowest BCUT2D eigenvalue weighted by Crippen LogP contribution is -2.13. The van der Waals surface area contributed by atoms with E-state index in [1.54, 1.807) is 121 Å². The number of carbonyl (C=O) groups is 4. The van der Waals surface area contributed by atoms with Crippen molar-refractivity contribution in [2.75, 3.05) is 0 Å². The Balaban J connectivity index is 0.000000146. The van der Waals surface area contributed by atoms with Gasteiger partial charge in [0.15, 0.2) is 46.0 Å². The predicted molar refractivity (Wildman–Crippen MR) is 327 cm³/mol. The zero-order valence-electron chi connectivity index (χ0n) is 46.1. The molecule has 12 aromatic rings. The van der Waals surface area contributed by atoms with Crippen molar-refractivity contribution >= 4 is 67.0 Å². The lowest BCUT2D eigenvalue weighted by Gasteiger charge is -2.13. The Kier molecular flexibility index (Phi) is 18.0. The Morgan fingerprint density at radius 3 is 0.595 bits per heavy atom. The van der Waals surface area contributed by atoms with E-state index in [9.17, 15) is 19.2 Å². The summed E-state index contributed by atoms with van der Waals surface area (Å²) in [7, 11) is 0. The molecule has 12 nitrogen and oxygen atoms in total. The molecule has 0 aromatic heterocycles. The number of phenolic OH excluding ortho intramolecular Hbond substituents is 4. The van der Waals surface area contributed by atoms with Gasteiger partial charge in [-0.2, -0.15) is 0 Å². The minimum absolute atomic E-state index is 0.0753. The van der Waals surface area contributed by atoms with E-state index >= 15 is 0 Å². The molecule has 0 aliphatic heterocycles. The molecule has 0 atom stereocenters. The first-order valence-electron chi connectivity index (χ1n) is 26.6. The summed E-state index contributed by atoms with van der Waals surface area (Å²) < 4.78 is 22.6. The van der Waals surface area contributed by atoms with E-state index in [0.717, 1.165) is 65.3 Å². The Hall–Kier alpha value is -11.2. The highest BCUT2D eigenvalue weighted by Crippen LogP contribution is 2.36. The van der Waals surface area contributed by atoms with Crippen LogP contribution in [0.4, 0.5) is 0 Å². The van der Waals surface area contributed by atoms with Crippen LogP contribution in [0.15, 0.2) is 243 Å². The minimum Gasteiger partial charge on any atom is -0.504 e. The summed E-state index contributed by atoms with van der Waals surface area (Å²) in [6, 6.07) is 71.9. The molecule has 0 spiro atoms. The standard InChI is InChI=1S/2C26H20O4.2C10H8O2/c2*1-17-7-5-11-21(13-17)25(27)29-23-15-19-9-3-4-10-20(19)16-24(23)30-26(28)22-12-6-8-18(2)14-22;2*11-9-5-7-3-1-2-4-8(7)6-10(9)12/h2*3-16H,1-2H3;2*1-6,11-12H. The highest BCUT2D eigenvalue weighted by atomic mass is 16.6. The zero-order chi connectivity index (χ0) is 59.3. The van der Waals surface area contributed by atoms with Gasteiger partial charge in [-0.1, -0.05) is 168 Å². The first-order valence-corrected chi connectivity index (χ1v) is 26.6. The fourth-order valence-electron chi connectivity index (χ4n) is 8.87. The lowest BCUT2D eigenvalue weighted by molar-refractivity contribution is 0.0683. The number of fused-ring (bicyclic) bond motifs is 4. The van der Waals surface area contributed by atoms with Crippen molar-refractivity contribution in [3.8, 4) is 46.0 Å². The molecular formula is C72H56O12. The van der Waals surface area contributed by atoms with Crippen molar-refractivity contribution in [3.05, 3.63) is 287 Å². The number of phenols is 4. The van der Waals surface area contributed by atoms with Crippen molar-refractivity contribution in [3.63, 3.8) is 0 Å². The van der Waals surface area contributed by atoms with Gasteiger partial charge in [-0.25, -0.2) is 19.2 Å². The van der Waals surface area contributed by atoms with Crippen molar-refractivity contribution in [1.29, 1.82) is 0 Å². The number of esters is 4. The Labute approximate surface area is 484 Å². The quantitative estimate of drug-likeness (QED) is 0.0642. The highest BCUT2D eigenvalue weighted by molar-refractivity contribution is 5.98. The summed E-state index contributed by atoms with van der Waals surface area (Å²) in [6.45, 7) is 7.62. The number of rotatable bonds is 8. The molecule has 12 rings (SSSR count). The summed E-state index contributed by atoms with van der Waals surface area (Å²) >= 11 is 0. The first kappa shape index (κ1) is 57.4. The number of hydrogen-bond acceptors (Lipinski definition) is 12. The Bertz CT molecular complexity index is 3850. The second-order valence-corrected chi connectivity index (χ2v) is 19.7. The van der Waals surface area contributed by atoms with Gasteiger partial charge in [-0.15, -0.1) is 0 Å².